The van der Waals surface area contributed by atoms with Gasteiger partial charge in [-0.05, 0) is 54.7 Å². The van der Waals surface area contributed by atoms with E-state index in [-0.39, 0.29) is 5.91 Å². The van der Waals surface area contributed by atoms with E-state index in [1.807, 2.05) is 30.3 Å². The number of methoxy groups -OCH3 is 1. The Bertz CT molecular complexity index is 990. The largest absolute Gasteiger partial charge is 0.497 e. The molecule has 1 aliphatic carbocycles. The third kappa shape index (κ3) is 4.63. The Balaban J connectivity index is 1.29. The number of fused-ring (bicyclic) bond motifs is 1. The molecule has 0 atom stereocenters. The van der Waals surface area contributed by atoms with Crippen molar-refractivity contribution in [1.29, 1.82) is 0 Å². The fourth-order valence-corrected chi connectivity index (χ4v) is 4.69. The zero-order chi connectivity index (χ0) is 19.3. The van der Waals surface area contributed by atoms with Crippen LogP contribution in [-0.4, -0.2) is 29.0 Å². The Labute approximate surface area is 171 Å². The number of carbonyl (C=O) groups excluding carboxylic acids is 1. The third-order valence-electron chi connectivity index (χ3n) is 4.44. The highest BCUT2D eigenvalue weighted by atomic mass is 32.2. The van der Waals surface area contributed by atoms with Crippen LogP contribution in [0.15, 0.2) is 46.8 Å². The van der Waals surface area contributed by atoms with Gasteiger partial charge in [0.15, 0.2) is 4.34 Å². The molecule has 2 aromatic carbocycles. The topological polar surface area (TPSA) is 76.1 Å². The molecular formula is C20H20N4O2S2. The number of anilines is 3. The van der Waals surface area contributed by atoms with Crippen molar-refractivity contribution in [3.63, 3.8) is 0 Å². The number of nitrogens with zero attached hydrogens (tertiary/aromatic N) is 2. The van der Waals surface area contributed by atoms with Crippen LogP contribution in [0.1, 0.15) is 17.5 Å². The fourth-order valence-electron chi connectivity index (χ4n) is 3.12. The molecule has 0 aliphatic heterocycles. The van der Waals surface area contributed by atoms with Crippen molar-refractivity contribution in [2.45, 2.75) is 23.6 Å². The first-order valence-corrected chi connectivity index (χ1v) is 10.8. The maximum absolute atomic E-state index is 12.2. The molecular weight excluding hydrogens is 392 g/mol. The van der Waals surface area contributed by atoms with E-state index in [2.05, 4.69) is 33.0 Å². The minimum absolute atomic E-state index is 0.0412. The Hall–Kier alpha value is -2.58. The summed E-state index contributed by atoms with van der Waals surface area (Å²) in [6.45, 7) is 0. The molecule has 1 amide bonds. The standard InChI is InChI=1S/C20H20N4O2S2/c1-26-17-7-3-6-15(11-17)22-19-23-24-20(28-19)27-12-18(25)21-16-9-8-13-4-2-5-14(13)10-16/h3,6-11H,2,4-5,12H2,1H3,(H,21,25)(H,22,23). The van der Waals surface area contributed by atoms with Crippen LogP contribution in [0.3, 0.4) is 0 Å². The van der Waals surface area contributed by atoms with Crippen molar-refractivity contribution in [2.24, 2.45) is 0 Å². The van der Waals surface area contributed by atoms with Crippen LogP contribution in [0.2, 0.25) is 0 Å². The molecule has 0 fully saturated rings. The van der Waals surface area contributed by atoms with Gasteiger partial charge in [-0.1, -0.05) is 35.2 Å². The predicted octanol–water partition coefficient (Wildman–Crippen LogP) is 4.51. The summed E-state index contributed by atoms with van der Waals surface area (Å²) in [5.74, 6) is 1.03. The smallest absolute Gasteiger partial charge is 0.234 e. The zero-order valence-electron chi connectivity index (χ0n) is 15.4. The monoisotopic (exact) mass is 412 g/mol. The molecule has 28 heavy (non-hydrogen) atoms. The molecule has 2 N–H and O–H groups in total. The summed E-state index contributed by atoms with van der Waals surface area (Å²) in [4.78, 5) is 12.2. The summed E-state index contributed by atoms with van der Waals surface area (Å²) in [6, 6.07) is 13.8. The van der Waals surface area contributed by atoms with E-state index in [9.17, 15) is 4.79 Å². The molecule has 0 saturated carbocycles. The Morgan fingerprint density at radius 2 is 2.04 bits per heavy atom. The summed E-state index contributed by atoms with van der Waals surface area (Å²) in [5.41, 5.74) is 4.49. The van der Waals surface area contributed by atoms with Crippen LogP contribution in [-0.2, 0) is 17.6 Å². The summed E-state index contributed by atoms with van der Waals surface area (Å²) in [7, 11) is 1.63. The van der Waals surface area contributed by atoms with Crippen LogP contribution < -0.4 is 15.4 Å². The van der Waals surface area contributed by atoms with Gasteiger partial charge in [-0.2, -0.15) is 0 Å². The lowest BCUT2D eigenvalue weighted by atomic mass is 10.1. The van der Waals surface area contributed by atoms with E-state index in [0.717, 1.165) is 34.3 Å². The maximum atomic E-state index is 12.2. The van der Waals surface area contributed by atoms with E-state index >= 15 is 0 Å². The zero-order valence-corrected chi connectivity index (χ0v) is 17.0. The van der Waals surface area contributed by atoms with E-state index in [1.54, 1.807) is 7.11 Å². The molecule has 0 radical (unpaired) electrons. The number of amides is 1. The van der Waals surface area contributed by atoms with Gasteiger partial charge in [0.25, 0.3) is 0 Å². The number of carbonyl (C=O) groups is 1. The van der Waals surface area contributed by atoms with Crippen LogP contribution in [0.4, 0.5) is 16.5 Å². The van der Waals surface area contributed by atoms with Gasteiger partial charge in [0, 0.05) is 17.4 Å². The van der Waals surface area contributed by atoms with Crippen molar-refractivity contribution < 1.29 is 9.53 Å². The second-order valence-electron chi connectivity index (χ2n) is 6.40. The summed E-state index contributed by atoms with van der Waals surface area (Å²) in [5, 5.41) is 15.1. The van der Waals surface area contributed by atoms with Crippen LogP contribution in [0.5, 0.6) is 5.75 Å². The summed E-state index contributed by atoms with van der Waals surface area (Å²) >= 11 is 2.80. The number of aromatic nitrogens is 2. The molecule has 144 valence electrons. The van der Waals surface area contributed by atoms with Crippen LogP contribution in [0, 0.1) is 0 Å². The van der Waals surface area contributed by atoms with E-state index in [0.29, 0.717) is 10.9 Å². The van der Waals surface area contributed by atoms with Crippen molar-refractivity contribution in [1.82, 2.24) is 10.2 Å². The first-order valence-electron chi connectivity index (χ1n) is 8.98. The van der Waals surface area contributed by atoms with Gasteiger partial charge in [-0.3, -0.25) is 4.79 Å². The highest BCUT2D eigenvalue weighted by molar-refractivity contribution is 8.01. The predicted molar refractivity (Wildman–Crippen MR) is 114 cm³/mol. The number of rotatable bonds is 7. The molecule has 1 aliphatic rings. The normalized spacial score (nSPS) is 12.5. The average molecular weight is 413 g/mol. The molecule has 0 unspecified atom stereocenters. The quantitative estimate of drug-likeness (QED) is 0.556. The highest BCUT2D eigenvalue weighted by Gasteiger charge is 2.13. The van der Waals surface area contributed by atoms with Gasteiger partial charge >= 0.3 is 0 Å². The lowest BCUT2D eigenvalue weighted by Gasteiger charge is -2.06. The maximum Gasteiger partial charge on any atom is 0.234 e. The second-order valence-corrected chi connectivity index (χ2v) is 8.60. The number of aryl methyl sites for hydroxylation is 2. The molecule has 1 heterocycles. The van der Waals surface area contributed by atoms with Gasteiger partial charge < -0.3 is 15.4 Å². The number of thioether (sulfide) groups is 1. The Kier molecular flexibility index (Phi) is 5.78. The van der Waals surface area contributed by atoms with Gasteiger partial charge in [-0.25, -0.2) is 0 Å². The van der Waals surface area contributed by atoms with Crippen molar-refractivity contribution >= 4 is 45.5 Å². The number of nitrogens with one attached hydrogen (secondary N) is 2. The lowest BCUT2D eigenvalue weighted by Crippen LogP contribution is -2.14. The molecule has 3 aromatic rings. The van der Waals surface area contributed by atoms with E-state index in [1.165, 1.54) is 40.6 Å². The van der Waals surface area contributed by atoms with Crippen LogP contribution >= 0.6 is 23.1 Å². The molecule has 0 bridgehead atoms. The minimum Gasteiger partial charge on any atom is -0.497 e. The number of hydrogen-bond acceptors (Lipinski definition) is 7. The number of benzene rings is 2. The molecule has 8 heteroatoms. The SMILES string of the molecule is COc1cccc(Nc2nnc(SCC(=O)Nc3ccc4c(c3)CCC4)s2)c1. The van der Waals surface area contributed by atoms with Crippen molar-refractivity contribution in [3.05, 3.63) is 53.6 Å². The van der Waals surface area contributed by atoms with E-state index in [4.69, 9.17) is 4.74 Å². The third-order valence-corrected chi connectivity index (χ3v) is 6.41. The Morgan fingerprint density at radius 1 is 1.14 bits per heavy atom. The Morgan fingerprint density at radius 3 is 2.93 bits per heavy atom. The van der Waals surface area contributed by atoms with E-state index < -0.39 is 0 Å². The number of ether oxygens (including phenoxy) is 1. The second kappa shape index (κ2) is 8.62. The average Bonchev–Trinajstić information content (AvgIpc) is 3.35. The van der Waals surface area contributed by atoms with Gasteiger partial charge in [0.1, 0.15) is 5.75 Å². The van der Waals surface area contributed by atoms with Crippen LogP contribution in [0.25, 0.3) is 0 Å². The molecule has 4 rings (SSSR count). The van der Waals surface area contributed by atoms with Gasteiger partial charge in [0.2, 0.25) is 11.0 Å². The molecule has 0 spiro atoms. The molecule has 0 saturated heterocycles. The molecule has 6 nitrogen and oxygen atoms in total. The van der Waals surface area contributed by atoms with Gasteiger partial charge in [-0.15, -0.1) is 10.2 Å². The minimum atomic E-state index is -0.0412. The number of hydrogen-bond donors (Lipinski definition) is 2. The molecule has 1 aromatic heterocycles. The van der Waals surface area contributed by atoms with Gasteiger partial charge in [0.05, 0.1) is 12.9 Å². The first-order chi connectivity index (χ1) is 13.7. The van der Waals surface area contributed by atoms with Crippen molar-refractivity contribution in [2.75, 3.05) is 23.5 Å². The summed E-state index contributed by atoms with van der Waals surface area (Å²) in [6.07, 6.45) is 3.44. The summed E-state index contributed by atoms with van der Waals surface area (Å²) < 4.78 is 5.96. The highest BCUT2D eigenvalue weighted by Crippen LogP contribution is 2.29. The lowest BCUT2D eigenvalue weighted by molar-refractivity contribution is -0.113. The first kappa shape index (κ1) is 18.8. The van der Waals surface area contributed by atoms with Crippen molar-refractivity contribution in [3.8, 4) is 5.75 Å². The fraction of sp³-hybridized carbons (Fsp3) is 0.250.